The standard InChI is InChI=1S/C15H21FN4/c1-11-13(9-18-19-11)8-17-10-15(20(2)3)12-4-6-14(16)7-5-12/h4-7,9,15,17H,8,10H2,1-3H3,(H,18,19)/t15-/m1/s1. The molecule has 20 heavy (non-hydrogen) atoms. The average Bonchev–Trinajstić information content (AvgIpc) is 2.81. The summed E-state index contributed by atoms with van der Waals surface area (Å²) in [5.74, 6) is -0.201. The number of likely N-dealkylation sites (N-methyl/N-ethyl adjacent to an activating group) is 1. The molecule has 0 aliphatic carbocycles. The minimum Gasteiger partial charge on any atom is -0.311 e. The Bertz CT molecular complexity index is 533. The van der Waals surface area contributed by atoms with Gasteiger partial charge >= 0.3 is 0 Å². The summed E-state index contributed by atoms with van der Waals surface area (Å²) in [7, 11) is 4.05. The molecule has 1 heterocycles. The van der Waals surface area contributed by atoms with E-state index in [1.807, 2.05) is 39.3 Å². The van der Waals surface area contributed by atoms with Crippen molar-refractivity contribution in [2.75, 3.05) is 20.6 Å². The minimum absolute atomic E-state index is 0.201. The zero-order valence-corrected chi connectivity index (χ0v) is 12.2. The zero-order chi connectivity index (χ0) is 14.5. The quantitative estimate of drug-likeness (QED) is 0.850. The smallest absolute Gasteiger partial charge is 0.123 e. The lowest BCUT2D eigenvalue weighted by Crippen LogP contribution is -2.30. The molecule has 2 aromatic rings. The van der Waals surface area contributed by atoms with Gasteiger partial charge in [0.2, 0.25) is 0 Å². The molecule has 0 saturated carbocycles. The van der Waals surface area contributed by atoms with E-state index in [0.717, 1.165) is 24.3 Å². The first-order valence-corrected chi connectivity index (χ1v) is 6.69. The van der Waals surface area contributed by atoms with Gasteiger partial charge in [0.25, 0.3) is 0 Å². The van der Waals surface area contributed by atoms with Crippen molar-refractivity contribution in [1.29, 1.82) is 0 Å². The van der Waals surface area contributed by atoms with Crippen LogP contribution in [0.1, 0.15) is 22.9 Å². The third-order valence-corrected chi connectivity index (χ3v) is 3.47. The largest absolute Gasteiger partial charge is 0.311 e. The van der Waals surface area contributed by atoms with Crippen LogP contribution in [0, 0.1) is 12.7 Å². The first-order valence-electron chi connectivity index (χ1n) is 6.69. The lowest BCUT2D eigenvalue weighted by atomic mass is 10.1. The molecule has 0 amide bonds. The Kier molecular flexibility index (Phi) is 4.87. The molecule has 1 atom stereocenters. The van der Waals surface area contributed by atoms with Gasteiger partial charge in [-0.2, -0.15) is 5.10 Å². The molecule has 4 nitrogen and oxygen atoms in total. The summed E-state index contributed by atoms with van der Waals surface area (Å²) < 4.78 is 13.0. The highest BCUT2D eigenvalue weighted by atomic mass is 19.1. The molecular formula is C15H21FN4. The van der Waals surface area contributed by atoms with Crippen molar-refractivity contribution < 1.29 is 4.39 Å². The highest BCUT2D eigenvalue weighted by molar-refractivity contribution is 5.20. The molecule has 2 N–H and O–H groups in total. The maximum Gasteiger partial charge on any atom is 0.123 e. The van der Waals surface area contributed by atoms with Crippen LogP contribution in [0.2, 0.25) is 0 Å². The highest BCUT2D eigenvalue weighted by Crippen LogP contribution is 2.18. The number of H-pyrrole nitrogens is 1. The van der Waals surface area contributed by atoms with Gasteiger partial charge in [-0.25, -0.2) is 4.39 Å². The number of aryl methyl sites for hydroxylation is 1. The van der Waals surface area contributed by atoms with E-state index < -0.39 is 0 Å². The first kappa shape index (κ1) is 14.7. The molecule has 5 heteroatoms. The van der Waals surface area contributed by atoms with Gasteiger partial charge in [0.15, 0.2) is 0 Å². The second-order valence-electron chi connectivity index (χ2n) is 5.18. The van der Waals surface area contributed by atoms with Crippen molar-refractivity contribution in [3.8, 4) is 0 Å². The van der Waals surface area contributed by atoms with Crippen molar-refractivity contribution >= 4 is 0 Å². The van der Waals surface area contributed by atoms with Crippen molar-refractivity contribution in [2.24, 2.45) is 0 Å². The molecule has 1 aromatic heterocycles. The molecule has 0 fully saturated rings. The van der Waals surface area contributed by atoms with E-state index >= 15 is 0 Å². The van der Waals surface area contributed by atoms with Gasteiger partial charge in [-0.05, 0) is 38.7 Å². The summed E-state index contributed by atoms with van der Waals surface area (Å²) in [5.41, 5.74) is 3.36. The Morgan fingerprint density at radius 1 is 1.30 bits per heavy atom. The Balaban J connectivity index is 1.96. The van der Waals surface area contributed by atoms with Crippen LogP contribution >= 0.6 is 0 Å². The molecule has 0 saturated heterocycles. The summed E-state index contributed by atoms with van der Waals surface area (Å²) in [6.07, 6.45) is 1.84. The number of nitrogens with one attached hydrogen (secondary N) is 2. The first-order chi connectivity index (χ1) is 9.58. The Hall–Kier alpha value is -1.72. The molecule has 0 spiro atoms. The maximum atomic E-state index is 13.0. The molecule has 1 aromatic carbocycles. The number of benzene rings is 1. The summed E-state index contributed by atoms with van der Waals surface area (Å²) in [5, 5.41) is 10.4. The number of aromatic nitrogens is 2. The van der Waals surface area contributed by atoms with Crippen LogP contribution in [0.4, 0.5) is 4.39 Å². The monoisotopic (exact) mass is 276 g/mol. The van der Waals surface area contributed by atoms with Gasteiger partial charge in [-0.3, -0.25) is 5.10 Å². The predicted octanol–water partition coefficient (Wildman–Crippen LogP) is 2.25. The van der Waals surface area contributed by atoms with E-state index in [0.29, 0.717) is 0 Å². The number of hydrogen-bond donors (Lipinski definition) is 2. The van der Waals surface area contributed by atoms with Crippen LogP contribution in [0.25, 0.3) is 0 Å². The SMILES string of the molecule is Cc1[nH]ncc1CNC[C@H](c1ccc(F)cc1)N(C)C. The normalized spacial score (nSPS) is 12.8. The Morgan fingerprint density at radius 2 is 2.00 bits per heavy atom. The number of halogens is 1. The second kappa shape index (κ2) is 6.63. The van der Waals surface area contributed by atoms with E-state index in [1.165, 1.54) is 17.7 Å². The van der Waals surface area contributed by atoms with Crippen LogP contribution < -0.4 is 5.32 Å². The molecular weight excluding hydrogens is 255 g/mol. The van der Waals surface area contributed by atoms with Crippen LogP contribution in [-0.2, 0) is 6.54 Å². The molecule has 2 rings (SSSR count). The second-order valence-corrected chi connectivity index (χ2v) is 5.18. The summed E-state index contributed by atoms with van der Waals surface area (Å²) in [6, 6.07) is 6.90. The van der Waals surface area contributed by atoms with Crippen LogP contribution in [-0.4, -0.2) is 35.7 Å². The molecule has 0 radical (unpaired) electrons. The van der Waals surface area contributed by atoms with Gasteiger partial charge in [0.05, 0.1) is 6.20 Å². The number of aromatic amines is 1. The zero-order valence-electron chi connectivity index (χ0n) is 12.2. The van der Waals surface area contributed by atoms with Gasteiger partial charge in [0, 0.05) is 30.4 Å². The highest BCUT2D eigenvalue weighted by Gasteiger charge is 2.14. The summed E-state index contributed by atoms with van der Waals surface area (Å²) in [6.45, 7) is 3.57. The Morgan fingerprint density at radius 3 is 2.55 bits per heavy atom. The number of rotatable bonds is 6. The van der Waals surface area contributed by atoms with Gasteiger partial charge in [-0.1, -0.05) is 12.1 Å². The lowest BCUT2D eigenvalue weighted by molar-refractivity contribution is 0.288. The van der Waals surface area contributed by atoms with Gasteiger partial charge < -0.3 is 10.2 Å². The molecule has 108 valence electrons. The Labute approximate surface area is 119 Å². The van der Waals surface area contributed by atoms with E-state index in [-0.39, 0.29) is 11.9 Å². The number of hydrogen-bond acceptors (Lipinski definition) is 3. The maximum absolute atomic E-state index is 13.0. The van der Waals surface area contributed by atoms with Gasteiger partial charge in [0.1, 0.15) is 5.82 Å². The van der Waals surface area contributed by atoms with E-state index in [2.05, 4.69) is 20.4 Å². The average molecular weight is 276 g/mol. The van der Waals surface area contributed by atoms with Crippen LogP contribution in [0.15, 0.2) is 30.5 Å². The molecule has 0 unspecified atom stereocenters. The number of nitrogens with zero attached hydrogens (tertiary/aromatic N) is 2. The molecule has 0 bridgehead atoms. The van der Waals surface area contributed by atoms with Gasteiger partial charge in [-0.15, -0.1) is 0 Å². The van der Waals surface area contributed by atoms with Crippen molar-refractivity contribution in [3.63, 3.8) is 0 Å². The van der Waals surface area contributed by atoms with E-state index in [4.69, 9.17) is 0 Å². The fourth-order valence-electron chi connectivity index (χ4n) is 2.18. The fraction of sp³-hybridized carbons (Fsp3) is 0.400. The third-order valence-electron chi connectivity index (χ3n) is 3.47. The topological polar surface area (TPSA) is 44.0 Å². The lowest BCUT2D eigenvalue weighted by Gasteiger charge is -2.25. The molecule has 0 aliphatic rings. The minimum atomic E-state index is -0.201. The molecule has 0 aliphatic heterocycles. The van der Waals surface area contributed by atoms with Crippen molar-refractivity contribution in [1.82, 2.24) is 20.4 Å². The van der Waals surface area contributed by atoms with Crippen LogP contribution in [0.5, 0.6) is 0 Å². The van der Waals surface area contributed by atoms with Crippen molar-refractivity contribution in [3.05, 3.63) is 53.1 Å². The van der Waals surface area contributed by atoms with Crippen LogP contribution in [0.3, 0.4) is 0 Å². The summed E-state index contributed by atoms with van der Waals surface area (Å²) in [4.78, 5) is 2.13. The third kappa shape index (κ3) is 3.65. The van der Waals surface area contributed by atoms with E-state index in [9.17, 15) is 4.39 Å². The predicted molar refractivity (Wildman–Crippen MR) is 77.9 cm³/mol. The summed E-state index contributed by atoms with van der Waals surface area (Å²) >= 11 is 0. The fourth-order valence-corrected chi connectivity index (χ4v) is 2.18. The van der Waals surface area contributed by atoms with E-state index in [1.54, 1.807) is 0 Å². The van der Waals surface area contributed by atoms with Crippen molar-refractivity contribution in [2.45, 2.75) is 19.5 Å².